The summed E-state index contributed by atoms with van der Waals surface area (Å²) in [7, 11) is 0. The highest BCUT2D eigenvalue weighted by Gasteiger charge is 2.27. The molecule has 8 heteroatoms. The van der Waals surface area contributed by atoms with E-state index < -0.39 is 0 Å². The van der Waals surface area contributed by atoms with Gasteiger partial charge in [0.25, 0.3) is 0 Å². The largest absolute Gasteiger partial charge is 0.467 e. The highest BCUT2D eigenvalue weighted by Crippen LogP contribution is 2.30. The van der Waals surface area contributed by atoms with Crippen molar-refractivity contribution in [2.24, 2.45) is 0 Å². The van der Waals surface area contributed by atoms with Gasteiger partial charge < -0.3 is 14.6 Å². The topological polar surface area (TPSA) is 71.3 Å². The van der Waals surface area contributed by atoms with E-state index in [1.807, 2.05) is 47.4 Å². The first-order valence-electron chi connectivity index (χ1n) is 9.89. The molecule has 4 rings (SSSR count). The molecule has 3 aromatic rings. The maximum Gasteiger partial charge on any atom is 0.237 e. The Labute approximate surface area is 178 Å². The van der Waals surface area contributed by atoms with Crippen molar-refractivity contribution >= 4 is 39.8 Å². The normalized spacial score (nSPS) is 14.6. The Bertz CT molecular complexity index is 893. The zero-order chi connectivity index (χ0) is 19.9. The quantitative estimate of drug-likeness (QED) is 0.497. The molecule has 1 fully saturated rings. The fourth-order valence-corrected chi connectivity index (χ4v) is 5.20. The van der Waals surface area contributed by atoms with Gasteiger partial charge in [0.05, 0.1) is 18.6 Å². The standard InChI is InChI=1S/C21H24N4O2S2/c26-19(25(16-8-3-1-4-9-16)17-10-5-2-6-11-17)15-28-21-24-23-20(29-21)22-14-18-12-7-13-27-18/h1,3-4,7-9,12-13,17H,2,5-6,10-11,14-15H2,(H,22,23). The summed E-state index contributed by atoms with van der Waals surface area (Å²) in [6, 6.07) is 14.1. The van der Waals surface area contributed by atoms with E-state index in [2.05, 4.69) is 15.5 Å². The van der Waals surface area contributed by atoms with Crippen LogP contribution in [0.5, 0.6) is 0 Å². The minimum Gasteiger partial charge on any atom is -0.467 e. The van der Waals surface area contributed by atoms with Crippen LogP contribution in [-0.2, 0) is 11.3 Å². The van der Waals surface area contributed by atoms with Crippen molar-refractivity contribution in [3.05, 3.63) is 54.5 Å². The van der Waals surface area contributed by atoms with Gasteiger partial charge in [-0.3, -0.25) is 4.79 Å². The summed E-state index contributed by atoms with van der Waals surface area (Å²) in [5.41, 5.74) is 0.989. The summed E-state index contributed by atoms with van der Waals surface area (Å²) in [5, 5.41) is 12.3. The molecular formula is C21H24N4O2S2. The Morgan fingerprint density at radius 2 is 1.97 bits per heavy atom. The molecule has 152 valence electrons. The number of anilines is 2. The average Bonchev–Trinajstić information content (AvgIpc) is 3.44. The number of thioether (sulfide) groups is 1. The summed E-state index contributed by atoms with van der Waals surface area (Å²) in [5.74, 6) is 1.34. The molecule has 1 aromatic carbocycles. The molecular weight excluding hydrogens is 404 g/mol. The van der Waals surface area contributed by atoms with Crippen molar-refractivity contribution in [3.63, 3.8) is 0 Å². The van der Waals surface area contributed by atoms with Crippen molar-refractivity contribution < 1.29 is 9.21 Å². The second-order valence-corrected chi connectivity index (χ2v) is 9.19. The number of nitrogens with zero attached hydrogens (tertiary/aromatic N) is 3. The number of furan rings is 1. The van der Waals surface area contributed by atoms with Gasteiger partial charge in [0.2, 0.25) is 11.0 Å². The molecule has 0 unspecified atom stereocenters. The van der Waals surface area contributed by atoms with E-state index in [4.69, 9.17) is 4.42 Å². The SMILES string of the molecule is O=C(CSc1nnc(NCc2ccco2)s1)N(c1ccccc1)C1CCCCC1. The predicted molar refractivity (Wildman–Crippen MR) is 117 cm³/mol. The number of carbonyl (C=O) groups excluding carboxylic acids is 1. The van der Waals surface area contributed by atoms with Crippen LogP contribution in [0.25, 0.3) is 0 Å². The van der Waals surface area contributed by atoms with E-state index in [1.165, 1.54) is 42.4 Å². The highest BCUT2D eigenvalue weighted by molar-refractivity contribution is 8.01. The van der Waals surface area contributed by atoms with Gasteiger partial charge in [-0.1, -0.05) is 60.6 Å². The van der Waals surface area contributed by atoms with Gasteiger partial charge >= 0.3 is 0 Å². The highest BCUT2D eigenvalue weighted by atomic mass is 32.2. The maximum atomic E-state index is 13.1. The third-order valence-electron chi connectivity index (χ3n) is 4.96. The van der Waals surface area contributed by atoms with Crippen molar-refractivity contribution in [1.82, 2.24) is 10.2 Å². The van der Waals surface area contributed by atoms with Crippen LogP contribution >= 0.6 is 23.1 Å². The number of rotatable bonds is 8. The fourth-order valence-electron chi connectivity index (χ4n) is 3.59. The molecule has 0 bridgehead atoms. The van der Waals surface area contributed by atoms with Crippen LogP contribution in [0.2, 0.25) is 0 Å². The Morgan fingerprint density at radius 1 is 1.14 bits per heavy atom. The smallest absolute Gasteiger partial charge is 0.237 e. The van der Waals surface area contributed by atoms with Gasteiger partial charge in [0.1, 0.15) is 5.76 Å². The third kappa shape index (κ3) is 5.39. The zero-order valence-corrected chi connectivity index (χ0v) is 17.8. The number of hydrogen-bond acceptors (Lipinski definition) is 7. The average molecular weight is 429 g/mol. The second-order valence-electron chi connectivity index (χ2n) is 6.99. The minimum absolute atomic E-state index is 0.133. The molecule has 0 atom stereocenters. The van der Waals surface area contributed by atoms with Gasteiger partial charge in [-0.15, -0.1) is 10.2 Å². The fraction of sp³-hybridized carbons (Fsp3) is 0.381. The molecule has 1 aliphatic rings. The van der Waals surface area contributed by atoms with Crippen molar-refractivity contribution in [1.29, 1.82) is 0 Å². The summed E-state index contributed by atoms with van der Waals surface area (Å²) in [6.45, 7) is 0.564. The van der Waals surface area contributed by atoms with Crippen molar-refractivity contribution in [3.8, 4) is 0 Å². The minimum atomic E-state index is 0.133. The van der Waals surface area contributed by atoms with Crippen LogP contribution in [0.3, 0.4) is 0 Å². The third-order valence-corrected chi connectivity index (χ3v) is 6.96. The van der Waals surface area contributed by atoms with Gasteiger partial charge in [0, 0.05) is 11.7 Å². The second kappa shape index (κ2) is 9.93. The van der Waals surface area contributed by atoms with Crippen LogP contribution in [0, 0.1) is 0 Å². The Kier molecular flexibility index (Phi) is 6.84. The maximum absolute atomic E-state index is 13.1. The lowest BCUT2D eigenvalue weighted by atomic mass is 9.93. The van der Waals surface area contributed by atoms with E-state index in [-0.39, 0.29) is 5.91 Å². The van der Waals surface area contributed by atoms with Crippen LogP contribution in [0.15, 0.2) is 57.5 Å². The van der Waals surface area contributed by atoms with E-state index in [0.717, 1.165) is 33.8 Å². The van der Waals surface area contributed by atoms with E-state index in [1.54, 1.807) is 6.26 Å². The van der Waals surface area contributed by atoms with Crippen LogP contribution in [0.4, 0.5) is 10.8 Å². The molecule has 2 aromatic heterocycles. The van der Waals surface area contributed by atoms with E-state index in [0.29, 0.717) is 18.3 Å². The van der Waals surface area contributed by atoms with Gasteiger partial charge in [-0.05, 0) is 37.1 Å². The number of hydrogen-bond donors (Lipinski definition) is 1. The molecule has 1 N–H and O–H groups in total. The van der Waals surface area contributed by atoms with Crippen molar-refractivity contribution in [2.45, 2.75) is 49.0 Å². The van der Waals surface area contributed by atoms with E-state index in [9.17, 15) is 4.79 Å². The number of para-hydroxylation sites is 1. The lowest BCUT2D eigenvalue weighted by molar-refractivity contribution is -0.116. The molecule has 1 saturated carbocycles. The van der Waals surface area contributed by atoms with Gasteiger partial charge in [-0.25, -0.2) is 0 Å². The molecule has 0 aliphatic heterocycles. The zero-order valence-electron chi connectivity index (χ0n) is 16.1. The summed E-state index contributed by atoms with van der Waals surface area (Å²) < 4.78 is 6.09. The Balaban J connectivity index is 1.36. The first-order chi connectivity index (χ1) is 14.3. The van der Waals surface area contributed by atoms with Gasteiger partial charge in [0.15, 0.2) is 4.34 Å². The van der Waals surface area contributed by atoms with Crippen molar-refractivity contribution in [2.75, 3.05) is 16.0 Å². The lowest BCUT2D eigenvalue weighted by Crippen LogP contribution is -2.42. The number of aromatic nitrogens is 2. The van der Waals surface area contributed by atoms with Crippen LogP contribution < -0.4 is 10.2 Å². The monoisotopic (exact) mass is 428 g/mol. The Hall–Kier alpha value is -2.32. The first kappa shape index (κ1) is 20.0. The van der Waals surface area contributed by atoms with E-state index >= 15 is 0 Å². The molecule has 0 saturated heterocycles. The lowest BCUT2D eigenvalue weighted by Gasteiger charge is -2.34. The van der Waals surface area contributed by atoms with Crippen LogP contribution in [-0.4, -0.2) is 27.9 Å². The summed E-state index contributed by atoms with van der Waals surface area (Å²) >= 11 is 2.91. The molecule has 1 amide bonds. The molecule has 29 heavy (non-hydrogen) atoms. The molecule has 1 aliphatic carbocycles. The summed E-state index contributed by atoms with van der Waals surface area (Å²) in [6.07, 6.45) is 7.44. The molecule has 0 spiro atoms. The number of benzene rings is 1. The number of amides is 1. The van der Waals surface area contributed by atoms with Gasteiger partial charge in [-0.2, -0.15) is 0 Å². The number of carbonyl (C=O) groups is 1. The van der Waals surface area contributed by atoms with Crippen LogP contribution in [0.1, 0.15) is 37.9 Å². The Morgan fingerprint density at radius 3 is 2.72 bits per heavy atom. The molecule has 0 radical (unpaired) electrons. The molecule has 6 nitrogen and oxygen atoms in total. The summed E-state index contributed by atoms with van der Waals surface area (Å²) in [4.78, 5) is 15.1. The number of nitrogens with one attached hydrogen (secondary N) is 1. The first-order valence-corrected chi connectivity index (χ1v) is 11.7. The molecule has 2 heterocycles. The predicted octanol–water partition coefficient (Wildman–Crippen LogP) is 5.20.